The van der Waals surface area contributed by atoms with Gasteiger partial charge in [0, 0.05) is 18.0 Å². The number of nitrogens with zero attached hydrogens (tertiary/aromatic N) is 3. The molecule has 0 unspecified atom stereocenters. The highest BCUT2D eigenvalue weighted by atomic mass is 32.1. The lowest BCUT2D eigenvalue weighted by atomic mass is 10.2. The van der Waals surface area contributed by atoms with E-state index < -0.39 is 0 Å². The van der Waals surface area contributed by atoms with Crippen LogP contribution < -0.4 is 9.64 Å². The minimum atomic E-state index is -0.109. The summed E-state index contributed by atoms with van der Waals surface area (Å²) in [7, 11) is 1.61. The smallest absolute Gasteiger partial charge is 0.260 e. The number of methoxy groups -OCH3 is 1. The molecular weight excluding hydrogens is 370 g/mol. The van der Waals surface area contributed by atoms with E-state index in [1.807, 2.05) is 24.3 Å². The molecule has 1 amide bonds. The summed E-state index contributed by atoms with van der Waals surface area (Å²) in [5.41, 5.74) is 3.59. The molecule has 4 aromatic rings. The van der Waals surface area contributed by atoms with E-state index in [1.165, 1.54) is 16.9 Å². The molecule has 0 saturated carbocycles. The Balaban J connectivity index is 1.74. The maximum absolute atomic E-state index is 13.3. The van der Waals surface area contributed by atoms with Gasteiger partial charge >= 0.3 is 0 Å². The fourth-order valence-corrected chi connectivity index (χ4v) is 3.99. The van der Waals surface area contributed by atoms with Crippen LogP contribution in [-0.4, -0.2) is 23.0 Å². The number of rotatable bonds is 5. The van der Waals surface area contributed by atoms with Crippen LogP contribution in [0.25, 0.3) is 10.2 Å². The topological polar surface area (TPSA) is 55.3 Å². The van der Waals surface area contributed by atoms with E-state index in [9.17, 15) is 4.79 Å². The van der Waals surface area contributed by atoms with Gasteiger partial charge in [-0.3, -0.25) is 14.7 Å². The van der Waals surface area contributed by atoms with Crippen LogP contribution >= 0.6 is 11.3 Å². The Hall–Kier alpha value is -3.25. The predicted octanol–water partition coefficient (Wildman–Crippen LogP) is 4.86. The van der Waals surface area contributed by atoms with E-state index in [0.29, 0.717) is 23.0 Å². The van der Waals surface area contributed by atoms with Gasteiger partial charge in [0.2, 0.25) is 0 Å². The number of benzene rings is 2. The first-order chi connectivity index (χ1) is 13.6. The zero-order valence-electron chi connectivity index (χ0n) is 15.6. The molecule has 0 N–H and O–H groups in total. The van der Waals surface area contributed by atoms with Crippen LogP contribution in [-0.2, 0) is 6.54 Å². The molecule has 28 heavy (non-hydrogen) atoms. The summed E-state index contributed by atoms with van der Waals surface area (Å²) in [6.45, 7) is 2.45. The number of pyridine rings is 1. The van der Waals surface area contributed by atoms with Crippen LogP contribution in [0.1, 0.15) is 21.5 Å². The Morgan fingerprint density at radius 3 is 2.68 bits per heavy atom. The van der Waals surface area contributed by atoms with E-state index in [0.717, 1.165) is 15.8 Å². The van der Waals surface area contributed by atoms with E-state index in [-0.39, 0.29) is 5.91 Å². The lowest BCUT2D eigenvalue weighted by Crippen LogP contribution is -2.30. The van der Waals surface area contributed by atoms with Crippen molar-refractivity contribution < 1.29 is 9.53 Å². The Morgan fingerprint density at radius 2 is 1.96 bits per heavy atom. The third-order valence-electron chi connectivity index (χ3n) is 4.41. The van der Waals surface area contributed by atoms with Crippen molar-refractivity contribution in [3.8, 4) is 5.75 Å². The first-order valence-corrected chi connectivity index (χ1v) is 9.68. The second-order valence-electron chi connectivity index (χ2n) is 6.45. The Kier molecular flexibility index (Phi) is 5.04. The number of carbonyl (C=O) groups excluding carboxylic acids is 1. The van der Waals surface area contributed by atoms with Crippen molar-refractivity contribution in [3.05, 3.63) is 83.7 Å². The Bertz CT molecular complexity index is 1110. The molecule has 0 spiro atoms. The van der Waals surface area contributed by atoms with Crippen LogP contribution in [0.2, 0.25) is 0 Å². The molecule has 0 radical (unpaired) electrons. The number of anilines is 1. The van der Waals surface area contributed by atoms with E-state index >= 15 is 0 Å². The summed E-state index contributed by atoms with van der Waals surface area (Å²) in [5, 5.41) is 0.672. The van der Waals surface area contributed by atoms with Crippen molar-refractivity contribution in [2.75, 3.05) is 12.0 Å². The minimum Gasteiger partial charge on any atom is -0.497 e. The Labute approximate surface area is 167 Å². The first-order valence-electron chi connectivity index (χ1n) is 8.86. The number of hydrogen-bond donors (Lipinski definition) is 0. The molecule has 0 aliphatic carbocycles. The molecular formula is C22H19N3O2S. The number of amides is 1. The van der Waals surface area contributed by atoms with Gasteiger partial charge in [-0.25, -0.2) is 4.98 Å². The molecule has 2 aromatic heterocycles. The third kappa shape index (κ3) is 3.73. The fraction of sp³-hybridized carbons (Fsp3) is 0.136. The molecule has 4 rings (SSSR count). The van der Waals surface area contributed by atoms with Gasteiger partial charge in [-0.1, -0.05) is 23.5 Å². The zero-order valence-corrected chi connectivity index (χ0v) is 16.4. The molecule has 0 bridgehead atoms. The molecule has 0 aliphatic heterocycles. The monoisotopic (exact) mass is 389 g/mol. The SMILES string of the molecule is COc1ccc(C(=O)N(Cc2cccnc2)c2nc3ccc(C)cc3s2)cc1. The number of hydrogen-bond acceptors (Lipinski definition) is 5. The summed E-state index contributed by atoms with van der Waals surface area (Å²) in [6.07, 6.45) is 3.49. The summed E-state index contributed by atoms with van der Waals surface area (Å²) in [5.74, 6) is 0.605. The van der Waals surface area contributed by atoms with Gasteiger partial charge in [-0.15, -0.1) is 0 Å². The van der Waals surface area contributed by atoms with E-state index in [1.54, 1.807) is 48.7 Å². The van der Waals surface area contributed by atoms with Crippen LogP contribution in [0.4, 0.5) is 5.13 Å². The molecule has 2 heterocycles. The number of aromatic nitrogens is 2. The van der Waals surface area contributed by atoms with Gasteiger partial charge in [0.25, 0.3) is 5.91 Å². The van der Waals surface area contributed by atoms with Gasteiger partial charge in [0.1, 0.15) is 5.75 Å². The molecule has 2 aromatic carbocycles. The summed E-state index contributed by atoms with van der Waals surface area (Å²) < 4.78 is 6.26. The van der Waals surface area contributed by atoms with Crippen molar-refractivity contribution in [3.63, 3.8) is 0 Å². The molecule has 0 atom stereocenters. The number of ether oxygens (including phenoxy) is 1. The highest BCUT2D eigenvalue weighted by molar-refractivity contribution is 7.22. The van der Waals surface area contributed by atoms with Crippen LogP contribution in [0.3, 0.4) is 0 Å². The van der Waals surface area contributed by atoms with Crippen molar-refractivity contribution in [1.82, 2.24) is 9.97 Å². The van der Waals surface area contributed by atoms with Gasteiger partial charge in [0.15, 0.2) is 5.13 Å². The third-order valence-corrected chi connectivity index (χ3v) is 5.45. The largest absolute Gasteiger partial charge is 0.497 e. The summed E-state index contributed by atoms with van der Waals surface area (Å²) in [6, 6.07) is 17.1. The predicted molar refractivity (Wildman–Crippen MR) is 112 cm³/mol. The summed E-state index contributed by atoms with van der Waals surface area (Å²) in [4.78, 5) is 23.9. The number of carbonyl (C=O) groups is 1. The quantitative estimate of drug-likeness (QED) is 0.489. The maximum Gasteiger partial charge on any atom is 0.260 e. The van der Waals surface area contributed by atoms with Gasteiger partial charge in [-0.2, -0.15) is 0 Å². The molecule has 140 valence electrons. The minimum absolute atomic E-state index is 0.109. The van der Waals surface area contributed by atoms with E-state index in [2.05, 4.69) is 18.0 Å². The second kappa shape index (κ2) is 7.78. The lowest BCUT2D eigenvalue weighted by molar-refractivity contribution is 0.0985. The van der Waals surface area contributed by atoms with Crippen molar-refractivity contribution in [2.45, 2.75) is 13.5 Å². The van der Waals surface area contributed by atoms with Gasteiger partial charge < -0.3 is 4.74 Å². The maximum atomic E-state index is 13.3. The van der Waals surface area contributed by atoms with Crippen molar-refractivity contribution in [1.29, 1.82) is 0 Å². The van der Waals surface area contributed by atoms with Crippen LogP contribution in [0, 0.1) is 6.92 Å². The average molecular weight is 389 g/mol. The van der Waals surface area contributed by atoms with Crippen LogP contribution in [0.5, 0.6) is 5.75 Å². The number of fused-ring (bicyclic) bond motifs is 1. The van der Waals surface area contributed by atoms with Crippen molar-refractivity contribution in [2.24, 2.45) is 0 Å². The second-order valence-corrected chi connectivity index (χ2v) is 7.46. The van der Waals surface area contributed by atoms with Gasteiger partial charge in [-0.05, 0) is 60.5 Å². The van der Waals surface area contributed by atoms with Gasteiger partial charge in [0.05, 0.1) is 23.9 Å². The molecule has 0 fully saturated rings. The zero-order chi connectivity index (χ0) is 19.5. The normalized spacial score (nSPS) is 10.8. The molecule has 6 heteroatoms. The van der Waals surface area contributed by atoms with Crippen molar-refractivity contribution >= 4 is 32.6 Å². The number of thiazole rings is 1. The Morgan fingerprint density at radius 1 is 1.14 bits per heavy atom. The number of aryl methyl sites for hydroxylation is 1. The standard InChI is InChI=1S/C22H19N3O2S/c1-15-5-10-19-20(12-15)28-22(24-19)25(14-16-4-3-11-23-13-16)21(26)17-6-8-18(27-2)9-7-17/h3-13H,14H2,1-2H3. The molecule has 0 saturated heterocycles. The van der Waals surface area contributed by atoms with Crippen LogP contribution in [0.15, 0.2) is 67.0 Å². The summed E-state index contributed by atoms with van der Waals surface area (Å²) >= 11 is 1.52. The first kappa shape index (κ1) is 18.1. The fourth-order valence-electron chi connectivity index (χ4n) is 2.93. The highest BCUT2D eigenvalue weighted by Crippen LogP contribution is 2.31. The molecule has 5 nitrogen and oxygen atoms in total. The van der Waals surface area contributed by atoms with E-state index in [4.69, 9.17) is 9.72 Å². The molecule has 0 aliphatic rings. The average Bonchev–Trinajstić information content (AvgIpc) is 3.15. The lowest BCUT2D eigenvalue weighted by Gasteiger charge is -2.20. The highest BCUT2D eigenvalue weighted by Gasteiger charge is 2.22.